The Morgan fingerprint density at radius 1 is 1.29 bits per heavy atom. The van der Waals surface area contributed by atoms with Crippen molar-refractivity contribution in [1.82, 2.24) is 10.2 Å². The molecule has 1 aromatic carbocycles. The zero-order valence-electron chi connectivity index (χ0n) is 13.1. The molecule has 3 nitrogen and oxygen atoms in total. The van der Waals surface area contributed by atoms with Crippen molar-refractivity contribution in [1.29, 1.82) is 0 Å². The Balaban J connectivity index is 1.56. The third-order valence-corrected chi connectivity index (χ3v) is 4.00. The molecule has 116 valence electrons. The van der Waals surface area contributed by atoms with Crippen molar-refractivity contribution in [2.75, 3.05) is 32.7 Å². The van der Waals surface area contributed by atoms with Crippen molar-refractivity contribution >= 4 is 6.08 Å². The minimum Gasteiger partial charge on any atom is -0.393 e. The van der Waals surface area contributed by atoms with Crippen LogP contribution in [0.15, 0.2) is 35.9 Å². The van der Waals surface area contributed by atoms with Gasteiger partial charge in [0.15, 0.2) is 0 Å². The van der Waals surface area contributed by atoms with Crippen LogP contribution in [0.25, 0.3) is 6.08 Å². The van der Waals surface area contributed by atoms with Gasteiger partial charge < -0.3 is 15.3 Å². The first kappa shape index (κ1) is 16.2. The van der Waals surface area contributed by atoms with Gasteiger partial charge in [-0.05, 0) is 44.8 Å². The molecule has 1 aliphatic heterocycles. The maximum atomic E-state index is 9.47. The number of aliphatic hydroxyl groups excluding tert-OH is 1. The summed E-state index contributed by atoms with van der Waals surface area (Å²) < 4.78 is 0. The van der Waals surface area contributed by atoms with Gasteiger partial charge in [-0.2, -0.15) is 0 Å². The number of aliphatic hydroxyl groups is 1. The summed E-state index contributed by atoms with van der Waals surface area (Å²) in [4.78, 5) is 2.46. The first-order valence-corrected chi connectivity index (χ1v) is 8.07. The first-order valence-electron chi connectivity index (χ1n) is 8.07. The van der Waals surface area contributed by atoms with Crippen molar-refractivity contribution in [2.45, 2.75) is 32.3 Å². The van der Waals surface area contributed by atoms with Crippen LogP contribution in [-0.2, 0) is 0 Å². The van der Waals surface area contributed by atoms with E-state index in [1.807, 2.05) is 6.07 Å². The van der Waals surface area contributed by atoms with Crippen molar-refractivity contribution in [3.63, 3.8) is 0 Å². The van der Waals surface area contributed by atoms with E-state index in [-0.39, 0.29) is 6.10 Å². The number of hydrogen-bond acceptors (Lipinski definition) is 3. The highest BCUT2D eigenvalue weighted by atomic mass is 16.3. The van der Waals surface area contributed by atoms with Crippen LogP contribution in [0.3, 0.4) is 0 Å². The van der Waals surface area contributed by atoms with Crippen LogP contribution in [0.4, 0.5) is 0 Å². The molecule has 0 spiro atoms. The molecule has 1 fully saturated rings. The fourth-order valence-corrected chi connectivity index (χ4v) is 2.74. The second-order valence-electron chi connectivity index (χ2n) is 6.00. The number of nitrogens with zero attached hydrogens (tertiary/aromatic N) is 1. The van der Waals surface area contributed by atoms with Gasteiger partial charge >= 0.3 is 0 Å². The molecule has 2 rings (SSSR count). The Bertz CT molecular complexity index is 422. The summed E-state index contributed by atoms with van der Waals surface area (Å²) in [7, 11) is 0. The highest BCUT2D eigenvalue weighted by molar-refractivity contribution is 5.52. The minimum absolute atomic E-state index is 0.0647. The standard InChI is InChI=1S/C18H28N2O/c1-16(14-17-6-3-2-4-7-17)15-19-10-5-11-20-12-8-18(21)9-13-20/h2-4,6-7,14,18-19,21H,5,8-13,15H2,1H3/b16-14-. The Morgan fingerprint density at radius 3 is 2.71 bits per heavy atom. The topological polar surface area (TPSA) is 35.5 Å². The van der Waals surface area contributed by atoms with Crippen LogP contribution < -0.4 is 5.32 Å². The molecule has 0 amide bonds. The molecule has 3 heteroatoms. The molecule has 2 N–H and O–H groups in total. The quantitative estimate of drug-likeness (QED) is 0.757. The molecule has 1 saturated heterocycles. The number of rotatable bonds is 7. The predicted octanol–water partition coefficient (Wildman–Crippen LogP) is 2.53. The normalized spacial score (nSPS) is 18.1. The fraction of sp³-hybridized carbons (Fsp3) is 0.556. The lowest BCUT2D eigenvalue weighted by Gasteiger charge is -2.29. The van der Waals surface area contributed by atoms with Crippen LogP contribution in [0.1, 0.15) is 31.7 Å². The Morgan fingerprint density at radius 2 is 2.00 bits per heavy atom. The Kier molecular flexibility index (Phi) is 6.93. The average molecular weight is 288 g/mol. The second-order valence-corrected chi connectivity index (χ2v) is 6.00. The van der Waals surface area contributed by atoms with E-state index in [4.69, 9.17) is 0 Å². The van der Waals surface area contributed by atoms with Crippen molar-refractivity contribution in [2.24, 2.45) is 0 Å². The summed E-state index contributed by atoms with van der Waals surface area (Å²) >= 11 is 0. The number of piperidine rings is 1. The summed E-state index contributed by atoms with van der Waals surface area (Å²) in [5.74, 6) is 0. The monoisotopic (exact) mass is 288 g/mol. The molecule has 1 heterocycles. The van der Waals surface area contributed by atoms with E-state index in [1.165, 1.54) is 17.6 Å². The minimum atomic E-state index is -0.0647. The zero-order chi connectivity index (χ0) is 14.9. The molecule has 0 radical (unpaired) electrons. The number of likely N-dealkylation sites (tertiary alicyclic amines) is 1. The molecule has 1 aliphatic rings. The summed E-state index contributed by atoms with van der Waals surface area (Å²) in [6, 6.07) is 10.5. The van der Waals surface area contributed by atoms with Gasteiger partial charge in [-0.3, -0.25) is 0 Å². The van der Waals surface area contributed by atoms with Gasteiger partial charge in [0.05, 0.1) is 6.10 Å². The third-order valence-electron chi connectivity index (χ3n) is 4.00. The van der Waals surface area contributed by atoms with Crippen LogP contribution in [-0.4, -0.2) is 48.8 Å². The van der Waals surface area contributed by atoms with E-state index in [0.717, 1.165) is 45.6 Å². The molecular formula is C18H28N2O. The van der Waals surface area contributed by atoms with Crippen LogP contribution in [0.5, 0.6) is 0 Å². The van der Waals surface area contributed by atoms with Crippen LogP contribution in [0.2, 0.25) is 0 Å². The second kappa shape index (κ2) is 8.98. The van der Waals surface area contributed by atoms with E-state index < -0.39 is 0 Å². The highest BCUT2D eigenvalue weighted by Crippen LogP contribution is 2.09. The first-order chi connectivity index (χ1) is 10.2. The van der Waals surface area contributed by atoms with Gasteiger partial charge in [0.2, 0.25) is 0 Å². The highest BCUT2D eigenvalue weighted by Gasteiger charge is 2.15. The van der Waals surface area contributed by atoms with Gasteiger partial charge in [-0.1, -0.05) is 42.0 Å². The smallest absolute Gasteiger partial charge is 0.0564 e. The largest absolute Gasteiger partial charge is 0.393 e. The third kappa shape index (κ3) is 6.42. The molecular weight excluding hydrogens is 260 g/mol. The van der Waals surface area contributed by atoms with Gasteiger partial charge in [-0.25, -0.2) is 0 Å². The Hall–Kier alpha value is -1.16. The molecule has 0 saturated carbocycles. The predicted molar refractivity (Wildman–Crippen MR) is 89.3 cm³/mol. The molecule has 0 bridgehead atoms. The zero-order valence-corrected chi connectivity index (χ0v) is 13.1. The van der Waals surface area contributed by atoms with Gasteiger partial charge in [0.25, 0.3) is 0 Å². The van der Waals surface area contributed by atoms with Crippen LogP contribution in [0, 0.1) is 0 Å². The number of benzene rings is 1. The Labute approximate surface area is 128 Å². The maximum Gasteiger partial charge on any atom is 0.0564 e. The van der Waals surface area contributed by atoms with Crippen LogP contribution >= 0.6 is 0 Å². The SMILES string of the molecule is C/C(=C/c1ccccc1)CNCCCN1CCC(O)CC1. The van der Waals surface area contributed by atoms with E-state index in [0.29, 0.717) is 0 Å². The summed E-state index contributed by atoms with van der Waals surface area (Å²) in [5, 5.41) is 13.0. The van der Waals surface area contributed by atoms with E-state index >= 15 is 0 Å². The number of hydrogen-bond donors (Lipinski definition) is 2. The molecule has 0 unspecified atom stereocenters. The van der Waals surface area contributed by atoms with Crippen molar-refractivity contribution in [3.05, 3.63) is 41.5 Å². The molecule has 21 heavy (non-hydrogen) atoms. The van der Waals surface area contributed by atoms with Crippen molar-refractivity contribution < 1.29 is 5.11 Å². The molecule has 1 aromatic rings. The van der Waals surface area contributed by atoms with E-state index in [9.17, 15) is 5.11 Å². The molecule has 0 atom stereocenters. The summed E-state index contributed by atoms with van der Waals surface area (Å²) in [6.45, 7) is 7.42. The van der Waals surface area contributed by atoms with E-state index in [2.05, 4.69) is 47.5 Å². The molecule has 0 aliphatic carbocycles. The van der Waals surface area contributed by atoms with Gasteiger partial charge in [-0.15, -0.1) is 0 Å². The molecule has 0 aromatic heterocycles. The van der Waals surface area contributed by atoms with Gasteiger partial charge in [0.1, 0.15) is 0 Å². The van der Waals surface area contributed by atoms with Gasteiger partial charge in [0, 0.05) is 19.6 Å². The summed E-state index contributed by atoms with van der Waals surface area (Å²) in [6.07, 6.45) is 5.22. The fourth-order valence-electron chi connectivity index (χ4n) is 2.74. The maximum absolute atomic E-state index is 9.47. The number of nitrogens with one attached hydrogen (secondary N) is 1. The van der Waals surface area contributed by atoms with E-state index in [1.54, 1.807) is 0 Å². The average Bonchev–Trinajstić information content (AvgIpc) is 2.50. The van der Waals surface area contributed by atoms with Crippen molar-refractivity contribution in [3.8, 4) is 0 Å². The lowest BCUT2D eigenvalue weighted by Crippen LogP contribution is -2.37. The summed E-state index contributed by atoms with van der Waals surface area (Å²) in [5.41, 5.74) is 2.63. The lowest BCUT2D eigenvalue weighted by atomic mass is 10.1. The lowest BCUT2D eigenvalue weighted by molar-refractivity contribution is 0.0821.